The van der Waals surface area contributed by atoms with Crippen molar-refractivity contribution >= 4 is 11.9 Å². The van der Waals surface area contributed by atoms with Gasteiger partial charge in [-0.2, -0.15) is 0 Å². The van der Waals surface area contributed by atoms with Gasteiger partial charge in [-0.05, 0) is 49.1 Å². The molecule has 0 unspecified atom stereocenters. The van der Waals surface area contributed by atoms with E-state index in [2.05, 4.69) is 6.92 Å². The number of ether oxygens (including phenoxy) is 3. The lowest BCUT2D eigenvalue weighted by molar-refractivity contribution is -0.145. The molecule has 0 aliphatic carbocycles. The molecule has 0 fully saturated rings. The molecule has 0 aliphatic rings. The van der Waals surface area contributed by atoms with E-state index in [0.29, 0.717) is 19.4 Å². The molecule has 5 nitrogen and oxygen atoms in total. The van der Waals surface area contributed by atoms with Gasteiger partial charge in [-0.15, -0.1) is 0 Å². The lowest BCUT2D eigenvalue weighted by Gasteiger charge is -2.08. The molecule has 0 N–H and O–H groups in total. The molecule has 33 heavy (non-hydrogen) atoms. The van der Waals surface area contributed by atoms with Gasteiger partial charge in [-0.3, -0.25) is 9.59 Å². The van der Waals surface area contributed by atoms with Crippen LogP contribution in [0.1, 0.15) is 83.1 Å². The Morgan fingerprint density at radius 3 is 1.85 bits per heavy atom. The Hall–Kier alpha value is -2.82. The number of esters is 2. The van der Waals surface area contributed by atoms with Crippen molar-refractivity contribution in [2.24, 2.45) is 0 Å². The van der Waals surface area contributed by atoms with E-state index in [9.17, 15) is 9.59 Å². The van der Waals surface area contributed by atoms with Crippen LogP contribution in [0.4, 0.5) is 0 Å². The molecule has 0 aromatic heterocycles. The quantitative estimate of drug-likeness (QED) is 0.184. The van der Waals surface area contributed by atoms with E-state index in [1.807, 2.05) is 54.6 Å². The number of carbonyl (C=O) groups is 2. The first kappa shape index (κ1) is 26.4. The molecule has 0 bridgehead atoms. The smallest absolute Gasteiger partial charge is 0.306 e. The van der Waals surface area contributed by atoms with Gasteiger partial charge in [0.1, 0.15) is 18.1 Å². The van der Waals surface area contributed by atoms with E-state index in [4.69, 9.17) is 14.2 Å². The molecule has 2 aromatic carbocycles. The number of hydrogen-bond acceptors (Lipinski definition) is 5. The summed E-state index contributed by atoms with van der Waals surface area (Å²) >= 11 is 0. The topological polar surface area (TPSA) is 61.8 Å². The van der Waals surface area contributed by atoms with E-state index in [1.165, 1.54) is 0 Å². The van der Waals surface area contributed by atoms with Crippen molar-refractivity contribution < 1.29 is 23.8 Å². The van der Waals surface area contributed by atoms with Gasteiger partial charge in [0.25, 0.3) is 0 Å². The molecule has 2 rings (SSSR count). The van der Waals surface area contributed by atoms with Gasteiger partial charge in [0.05, 0.1) is 6.61 Å². The highest BCUT2D eigenvalue weighted by atomic mass is 16.5. The summed E-state index contributed by atoms with van der Waals surface area (Å²) in [5.41, 5.74) is 0.938. The van der Waals surface area contributed by atoms with Crippen LogP contribution in [-0.2, 0) is 25.7 Å². The van der Waals surface area contributed by atoms with Crippen LogP contribution in [0.3, 0.4) is 0 Å². The van der Waals surface area contributed by atoms with E-state index in [0.717, 1.165) is 74.8 Å². The predicted octanol–water partition coefficient (Wildman–Crippen LogP) is 7.38. The van der Waals surface area contributed by atoms with E-state index in [1.54, 1.807) is 0 Å². The van der Waals surface area contributed by atoms with Crippen LogP contribution in [-0.4, -0.2) is 18.5 Å². The van der Waals surface area contributed by atoms with Crippen molar-refractivity contribution in [3.63, 3.8) is 0 Å². The molecule has 0 saturated carbocycles. The van der Waals surface area contributed by atoms with Gasteiger partial charge in [0.15, 0.2) is 0 Å². The maximum atomic E-state index is 12.0. The molecule has 0 radical (unpaired) electrons. The predicted molar refractivity (Wildman–Crippen MR) is 130 cm³/mol. The number of benzene rings is 2. The van der Waals surface area contributed by atoms with Crippen molar-refractivity contribution in [2.75, 3.05) is 6.61 Å². The van der Waals surface area contributed by atoms with Gasteiger partial charge in [-0.1, -0.05) is 75.8 Å². The van der Waals surface area contributed by atoms with Crippen LogP contribution >= 0.6 is 0 Å². The Morgan fingerprint density at radius 1 is 0.636 bits per heavy atom. The average molecular weight is 455 g/mol. The van der Waals surface area contributed by atoms with Crippen molar-refractivity contribution in [1.29, 1.82) is 0 Å². The van der Waals surface area contributed by atoms with Crippen LogP contribution in [0.2, 0.25) is 0 Å². The third kappa shape index (κ3) is 12.7. The molecule has 0 amide bonds. The summed E-state index contributed by atoms with van der Waals surface area (Å²) in [6, 6.07) is 17.2. The summed E-state index contributed by atoms with van der Waals surface area (Å²) in [6.07, 6.45) is 10.1. The summed E-state index contributed by atoms with van der Waals surface area (Å²) in [7, 11) is 0. The molecule has 0 aliphatic heterocycles. The maximum absolute atomic E-state index is 12.0. The summed E-state index contributed by atoms with van der Waals surface area (Å²) in [4.78, 5) is 23.6. The number of hydrogen-bond donors (Lipinski definition) is 0. The zero-order valence-corrected chi connectivity index (χ0v) is 19.9. The van der Waals surface area contributed by atoms with Crippen molar-refractivity contribution in [2.45, 2.75) is 84.2 Å². The van der Waals surface area contributed by atoms with Gasteiger partial charge in [0, 0.05) is 12.8 Å². The van der Waals surface area contributed by atoms with Gasteiger partial charge in [0.2, 0.25) is 0 Å². The second-order valence-electron chi connectivity index (χ2n) is 8.27. The largest absolute Gasteiger partial charge is 0.466 e. The fraction of sp³-hybridized carbons (Fsp3) is 0.500. The number of rotatable bonds is 17. The first-order chi connectivity index (χ1) is 16.2. The molecular weight excluding hydrogens is 416 g/mol. The lowest BCUT2D eigenvalue weighted by atomic mass is 10.1. The zero-order valence-electron chi connectivity index (χ0n) is 19.9. The number of carbonyl (C=O) groups excluding carboxylic acids is 2. The molecule has 5 heteroatoms. The van der Waals surface area contributed by atoms with Gasteiger partial charge < -0.3 is 14.2 Å². The first-order valence-corrected chi connectivity index (χ1v) is 12.3. The van der Waals surface area contributed by atoms with E-state index in [-0.39, 0.29) is 18.5 Å². The normalized spacial score (nSPS) is 10.6. The maximum Gasteiger partial charge on any atom is 0.306 e. The lowest BCUT2D eigenvalue weighted by Crippen LogP contribution is -2.05. The Labute approximate surface area is 198 Å². The highest BCUT2D eigenvalue weighted by molar-refractivity contribution is 5.69. The van der Waals surface area contributed by atoms with Gasteiger partial charge >= 0.3 is 11.9 Å². The van der Waals surface area contributed by atoms with Crippen molar-refractivity contribution in [1.82, 2.24) is 0 Å². The number of unbranched alkanes of at least 4 members (excludes halogenated alkanes) is 7. The minimum Gasteiger partial charge on any atom is -0.466 e. The minimum atomic E-state index is -0.162. The summed E-state index contributed by atoms with van der Waals surface area (Å²) in [5, 5.41) is 0. The SMILES string of the molecule is CCCCCOC(=O)CCCCCCCCC(=O)OCc1ccc(Oc2ccccc2)cc1. The van der Waals surface area contributed by atoms with E-state index < -0.39 is 0 Å². The van der Waals surface area contributed by atoms with Crippen molar-refractivity contribution in [3.8, 4) is 11.5 Å². The fourth-order valence-electron chi connectivity index (χ4n) is 3.37. The highest BCUT2D eigenvalue weighted by Crippen LogP contribution is 2.21. The monoisotopic (exact) mass is 454 g/mol. The van der Waals surface area contributed by atoms with Gasteiger partial charge in [-0.25, -0.2) is 0 Å². The minimum absolute atomic E-state index is 0.0767. The highest BCUT2D eigenvalue weighted by Gasteiger charge is 2.05. The first-order valence-electron chi connectivity index (χ1n) is 12.3. The van der Waals surface area contributed by atoms with Crippen LogP contribution in [0.5, 0.6) is 11.5 Å². The Balaban J connectivity index is 1.45. The Bertz CT molecular complexity index is 786. The fourth-order valence-corrected chi connectivity index (χ4v) is 3.37. The van der Waals surface area contributed by atoms with Crippen molar-refractivity contribution in [3.05, 3.63) is 60.2 Å². The average Bonchev–Trinajstić information content (AvgIpc) is 2.83. The summed E-state index contributed by atoms with van der Waals surface area (Å²) in [5.74, 6) is 1.30. The van der Waals surface area contributed by atoms with Crippen LogP contribution in [0.15, 0.2) is 54.6 Å². The Morgan fingerprint density at radius 2 is 1.21 bits per heavy atom. The molecule has 2 aromatic rings. The third-order valence-electron chi connectivity index (χ3n) is 5.32. The Kier molecular flexibility index (Phi) is 13.4. The molecular formula is C28H38O5. The second-order valence-corrected chi connectivity index (χ2v) is 8.27. The summed E-state index contributed by atoms with van der Waals surface area (Å²) in [6.45, 7) is 2.96. The molecule has 0 heterocycles. The molecule has 0 spiro atoms. The molecule has 180 valence electrons. The number of para-hydroxylation sites is 1. The molecule has 0 atom stereocenters. The standard InChI is InChI=1S/C28H38O5/c1-2-3-13-22-31-27(29)16-11-6-4-5-7-12-17-28(30)32-23-24-18-20-26(21-19-24)33-25-14-9-8-10-15-25/h8-10,14-15,18-21H,2-7,11-13,16-17,22-23H2,1H3. The van der Waals surface area contributed by atoms with Crippen LogP contribution < -0.4 is 4.74 Å². The zero-order chi connectivity index (χ0) is 23.6. The van der Waals surface area contributed by atoms with Crippen LogP contribution in [0.25, 0.3) is 0 Å². The van der Waals surface area contributed by atoms with E-state index >= 15 is 0 Å². The van der Waals surface area contributed by atoms with Crippen LogP contribution in [0, 0.1) is 0 Å². The summed E-state index contributed by atoms with van der Waals surface area (Å²) < 4.78 is 16.3. The third-order valence-corrected chi connectivity index (χ3v) is 5.32. The second kappa shape index (κ2) is 16.8. The molecule has 0 saturated heterocycles.